The standard InChI is InChI=1S/C23H40N2O5/c1-6-24-18-19(26)25(21(24)29)14-13-22(2,3)11-7-9-15-30-16-10-8-12-23(4,5)17-20(27)28/h6H,1,7-18H2,2-5H3,(H,27,28). The van der Waals surface area contributed by atoms with Crippen LogP contribution in [0.2, 0.25) is 0 Å². The fourth-order valence-corrected chi connectivity index (χ4v) is 3.68. The fourth-order valence-electron chi connectivity index (χ4n) is 3.68. The van der Waals surface area contributed by atoms with E-state index in [4.69, 9.17) is 9.84 Å². The quantitative estimate of drug-likeness (QED) is 0.287. The van der Waals surface area contributed by atoms with E-state index >= 15 is 0 Å². The molecular weight excluding hydrogens is 384 g/mol. The third-order valence-corrected chi connectivity index (χ3v) is 5.73. The molecule has 0 saturated carbocycles. The van der Waals surface area contributed by atoms with Gasteiger partial charge in [-0.3, -0.25) is 19.4 Å². The lowest BCUT2D eigenvalue weighted by molar-refractivity contribution is -0.139. The summed E-state index contributed by atoms with van der Waals surface area (Å²) in [5.74, 6) is -0.896. The maximum atomic E-state index is 12.1. The van der Waals surface area contributed by atoms with E-state index < -0.39 is 5.97 Å². The second kappa shape index (κ2) is 12.1. The lowest BCUT2D eigenvalue weighted by atomic mass is 9.84. The van der Waals surface area contributed by atoms with Gasteiger partial charge >= 0.3 is 12.0 Å². The third kappa shape index (κ3) is 9.74. The number of carbonyl (C=O) groups excluding carboxylic acids is 2. The molecule has 1 aliphatic heterocycles. The van der Waals surface area contributed by atoms with Gasteiger partial charge in [-0.1, -0.05) is 47.1 Å². The number of imide groups is 1. The highest BCUT2D eigenvalue weighted by atomic mass is 16.5. The van der Waals surface area contributed by atoms with Crippen molar-refractivity contribution in [2.45, 2.75) is 79.1 Å². The average Bonchev–Trinajstić information content (AvgIpc) is 2.90. The molecule has 7 heteroatoms. The summed E-state index contributed by atoms with van der Waals surface area (Å²) < 4.78 is 5.71. The number of hydrogen-bond donors (Lipinski definition) is 1. The van der Waals surface area contributed by atoms with Gasteiger partial charge in [0.1, 0.15) is 6.54 Å². The minimum absolute atomic E-state index is 0.0535. The zero-order valence-electron chi connectivity index (χ0n) is 19.2. The molecule has 0 atom stereocenters. The number of unbranched alkanes of at least 4 members (excludes halogenated alkanes) is 2. The molecule has 1 fully saturated rings. The van der Waals surface area contributed by atoms with Crippen LogP contribution in [-0.4, -0.2) is 59.1 Å². The highest BCUT2D eigenvalue weighted by Gasteiger charge is 2.35. The van der Waals surface area contributed by atoms with Crippen molar-refractivity contribution in [1.82, 2.24) is 9.80 Å². The van der Waals surface area contributed by atoms with Crippen LogP contribution in [0.4, 0.5) is 4.79 Å². The van der Waals surface area contributed by atoms with Crippen LogP contribution in [0.3, 0.4) is 0 Å². The average molecular weight is 425 g/mol. The molecule has 0 aliphatic carbocycles. The summed E-state index contributed by atoms with van der Waals surface area (Å²) in [5.41, 5.74) is -0.108. The molecule has 30 heavy (non-hydrogen) atoms. The molecule has 0 spiro atoms. The van der Waals surface area contributed by atoms with Crippen molar-refractivity contribution in [1.29, 1.82) is 0 Å². The fraction of sp³-hybridized carbons (Fsp3) is 0.783. The van der Waals surface area contributed by atoms with Crippen molar-refractivity contribution in [3.63, 3.8) is 0 Å². The Morgan fingerprint density at radius 1 is 1.03 bits per heavy atom. The molecule has 0 radical (unpaired) electrons. The molecule has 0 bridgehead atoms. The van der Waals surface area contributed by atoms with Gasteiger partial charge in [0.05, 0.1) is 6.42 Å². The van der Waals surface area contributed by atoms with Crippen molar-refractivity contribution in [2.24, 2.45) is 10.8 Å². The van der Waals surface area contributed by atoms with Crippen molar-refractivity contribution < 1.29 is 24.2 Å². The van der Waals surface area contributed by atoms with E-state index in [0.717, 1.165) is 51.6 Å². The summed E-state index contributed by atoms with van der Waals surface area (Å²) >= 11 is 0. The van der Waals surface area contributed by atoms with Crippen molar-refractivity contribution in [2.75, 3.05) is 26.3 Å². The second-order valence-electron chi connectivity index (χ2n) is 9.81. The zero-order valence-corrected chi connectivity index (χ0v) is 19.2. The molecule has 1 rings (SSSR count). The minimum atomic E-state index is -0.739. The first kappa shape index (κ1) is 26.1. The Morgan fingerprint density at radius 2 is 1.60 bits per heavy atom. The largest absolute Gasteiger partial charge is 0.481 e. The topological polar surface area (TPSA) is 87.2 Å². The van der Waals surface area contributed by atoms with Crippen LogP contribution in [0, 0.1) is 10.8 Å². The molecule has 0 unspecified atom stereocenters. The lowest BCUT2D eigenvalue weighted by Gasteiger charge is -2.26. The van der Waals surface area contributed by atoms with Gasteiger partial charge < -0.3 is 9.84 Å². The van der Waals surface area contributed by atoms with Gasteiger partial charge in [0.2, 0.25) is 0 Å². The van der Waals surface area contributed by atoms with E-state index in [9.17, 15) is 14.4 Å². The predicted octanol–water partition coefficient (Wildman–Crippen LogP) is 4.67. The number of carboxylic acid groups (broad SMARTS) is 1. The molecule has 1 saturated heterocycles. The minimum Gasteiger partial charge on any atom is -0.481 e. The van der Waals surface area contributed by atoms with Crippen LogP contribution in [0.25, 0.3) is 0 Å². The zero-order chi connectivity index (χ0) is 22.8. The highest BCUT2D eigenvalue weighted by molar-refractivity contribution is 6.02. The monoisotopic (exact) mass is 424 g/mol. The van der Waals surface area contributed by atoms with Crippen LogP contribution in [0.15, 0.2) is 12.8 Å². The van der Waals surface area contributed by atoms with Crippen LogP contribution in [-0.2, 0) is 14.3 Å². The van der Waals surface area contributed by atoms with Gasteiger partial charge in [-0.2, -0.15) is 0 Å². The summed E-state index contributed by atoms with van der Waals surface area (Å²) in [5, 5.41) is 8.90. The molecule has 3 amide bonds. The number of hydrogen-bond acceptors (Lipinski definition) is 4. The van der Waals surface area contributed by atoms with Crippen LogP contribution in [0.1, 0.15) is 79.1 Å². The Morgan fingerprint density at radius 3 is 2.10 bits per heavy atom. The number of urea groups is 1. The molecule has 0 aromatic carbocycles. The molecule has 1 aliphatic rings. The predicted molar refractivity (Wildman–Crippen MR) is 117 cm³/mol. The molecule has 1 heterocycles. The first-order valence-corrected chi connectivity index (χ1v) is 11.0. The molecule has 7 nitrogen and oxygen atoms in total. The number of carbonyl (C=O) groups is 3. The lowest BCUT2D eigenvalue weighted by Crippen LogP contribution is -2.34. The SMILES string of the molecule is C=CN1CC(=O)N(CCC(C)(C)CCCCOCCCCC(C)(C)CC(=O)O)C1=O. The summed E-state index contributed by atoms with van der Waals surface area (Å²) in [7, 11) is 0. The Bertz CT molecular complexity index is 600. The van der Waals surface area contributed by atoms with E-state index in [0.29, 0.717) is 13.2 Å². The Balaban J connectivity index is 2.10. The van der Waals surface area contributed by atoms with E-state index in [2.05, 4.69) is 20.4 Å². The van der Waals surface area contributed by atoms with Gasteiger partial charge in [0.25, 0.3) is 5.91 Å². The number of ether oxygens (including phenoxy) is 1. The Labute approximate surface area is 181 Å². The van der Waals surface area contributed by atoms with Crippen LogP contribution >= 0.6 is 0 Å². The maximum absolute atomic E-state index is 12.1. The normalized spacial score (nSPS) is 15.2. The van der Waals surface area contributed by atoms with E-state index in [1.54, 1.807) is 0 Å². The molecular formula is C23H40N2O5. The van der Waals surface area contributed by atoms with Gasteiger partial charge in [0.15, 0.2) is 0 Å². The second-order valence-corrected chi connectivity index (χ2v) is 9.81. The summed E-state index contributed by atoms with van der Waals surface area (Å²) in [6.45, 7) is 13.9. The molecule has 1 N–H and O–H groups in total. The van der Waals surface area contributed by atoms with Crippen molar-refractivity contribution in [3.8, 4) is 0 Å². The van der Waals surface area contributed by atoms with Crippen molar-refractivity contribution >= 4 is 17.9 Å². The van der Waals surface area contributed by atoms with Gasteiger partial charge in [-0.15, -0.1) is 0 Å². The van der Waals surface area contributed by atoms with Crippen LogP contribution in [0.5, 0.6) is 0 Å². The number of amides is 3. The summed E-state index contributed by atoms with van der Waals surface area (Å²) in [4.78, 5) is 37.5. The number of aliphatic carboxylic acids is 1. The van der Waals surface area contributed by atoms with Gasteiger partial charge in [-0.05, 0) is 42.9 Å². The Kier molecular flexibility index (Phi) is 10.5. The summed E-state index contributed by atoms with van der Waals surface area (Å²) in [6, 6.07) is -0.273. The van der Waals surface area contributed by atoms with E-state index in [-0.39, 0.29) is 35.7 Å². The highest BCUT2D eigenvalue weighted by Crippen LogP contribution is 2.29. The van der Waals surface area contributed by atoms with Crippen molar-refractivity contribution in [3.05, 3.63) is 12.8 Å². The van der Waals surface area contributed by atoms with E-state index in [1.165, 1.54) is 16.0 Å². The van der Waals surface area contributed by atoms with Gasteiger partial charge in [-0.25, -0.2) is 4.79 Å². The molecule has 0 aromatic heterocycles. The third-order valence-electron chi connectivity index (χ3n) is 5.73. The van der Waals surface area contributed by atoms with Crippen LogP contribution < -0.4 is 0 Å². The number of rotatable bonds is 16. The molecule has 0 aromatic rings. The summed E-state index contributed by atoms with van der Waals surface area (Å²) in [6.07, 6.45) is 8.25. The van der Waals surface area contributed by atoms with E-state index in [1.807, 2.05) is 13.8 Å². The van der Waals surface area contributed by atoms with Gasteiger partial charge in [0, 0.05) is 26.0 Å². The molecule has 172 valence electrons. The maximum Gasteiger partial charge on any atom is 0.331 e. The number of nitrogens with zero attached hydrogens (tertiary/aromatic N) is 2. The Hall–Kier alpha value is -1.89. The first-order chi connectivity index (χ1) is 14.0. The first-order valence-electron chi connectivity index (χ1n) is 11.0. The smallest absolute Gasteiger partial charge is 0.331 e. The number of carboxylic acids is 1.